The first-order chi connectivity index (χ1) is 9.04. The molecule has 0 radical (unpaired) electrons. The third kappa shape index (κ3) is 3.45. The van der Waals surface area contributed by atoms with Gasteiger partial charge in [-0.2, -0.15) is 0 Å². The van der Waals surface area contributed by atoms with Crippen LogP contribution >= 0.6 is 0 Å². The molecule has 0 unspecified atom stereocenters. The second-order valence-corrected chi connectivity index (χ2v) is 5.68. The van der Waals surface area contributed by atoms with Crippen molar-refractivity contribution >= 4 is 0 Å². The lowest BCUT2D eigenvalue weighted by atomic mass is 9.76. The van der Waals surface area contributed by atoms with E-state index in [4.69, 9.17) is 4.74 Å². The largest absolute Gasteiger partial charge is 0.497 e. The Labute approximate surface area is 114 Å². The maximum Gasteiger partial charge on any atom is 0.127 e. The zero-order chi connectivity index (χ0) is 13.9. The van der Waals surface area contributed by atoms with Gasteiger partial charge in [0.25, 0.3) is 0 Å². The van der Waals surface area contributed by atoms with Crippen molar-refractivity contribution in [2.75, 3.05) is 27.7 Å². The number of hydrogen-bond acceptors (Lipinski definition) is 3. The highest BCUT2D eigenvalue weighted by Gasteiger charge is 2.36. The van der Waals surface area contributed by atoms with Crippen LogP contribution in [0.25, 0.3) is 0 Å². The number of benzene rings is 1. The lowest BCUT2D eigenvalue weighted by molar-refractivity contribution is 0.133. The molecule has 0 bridgehead atoms. The van der Waals surface area contributed by atoms with Crippen molar-refractivity contribution in [1.82, 2.24) is 10.2 Å². The molecule has 0 heterocycles. The van der Waals surface area contributed by atoms with Gasteiger partial charge in [-0.25, -0.2) is 4.39 Å². The number of ether oxygens (including phenoxy) is 1. The molecule has 1 aliphatic carbocycles. The fourth-order valence-corrected chi connectivity index (χ4v) is 2.70. The van der Waals surface area contributed by atoms with Gasteiger partial charge in [0.1, 0.15) is 11.6 Å². The molecule has 0 aromatic heterocycles. The van der Waals surface area contributed by atoms with Crippen molar-refractivity contribution in [3.63, 3.8) is 0 Å². The minimum absolute atomic E-state index is 0.152. The molecular weight excluding hydrogens is 243 g/mol. The van der Waals surface area contributed by atoms with Crippen LogP contribution in [-0.4, -0.2) is 38.2 Å². The van der Waals surface area contributed by atoms with E-state index in [0.29, 0.717) is 17.9 Å². The van der Waals surface area contributed by atoms with Crippen molar-refractivity contribution in [2.24, 2.45) is 0 Å². The van der Waals surface area contributed by atoms with Gasteiger partial charge < -0.3 is 15.0 Å². The van der Waals surface area contributed by atoms with E-state index in [2.05, 4.69) is 24.3 Å². The van der Waals surface area contributed by atoms with E-state index < -0.39 is 0 Å². The summed E-state index contributed by atoms with van der Waals surface area (Å²) in [7, 11) is 5.76. The monoisotopic (exact) mass is 266 g/mol. The SMILES string of the molecule is COc1ccc(F)c(CNC2(CN(C)C)CCC2)c1. The smallest absolute Gasteiger partial charge is 0.127 e. The summed E-state index contributed by atoms with van der Waals surface area (Å²) >= 11 is 0. The number of rotatable bonds is 6. The predicted molar refractivity (Wildman–Crippen MR) is 74.9 cm³/mol. The fourth-order valence-electron chi connectivity index (χ4n) is 2.70. The van der Waals surface area contributed by atoms with Crippen LogP contribution in [0.15, 0.2) is 18.2 Å². The lowest BCUT2D eigenvalue weighted by Gasteiger charge is -2.44. The molecule has 0 atom stereocenters. The van der Waals surface area contributed by atoms with Gasteiger partial charge in [-0.1, -0.05) is 0 Å². The summed E-state index contributed by atoms with van der Waals surface area (Å²) in [4.78, 5) is 2.19. The molecule has 1 aliphatic rings. The van der Waals surface area contributed by atoms with E-state index in [1.165, 1.54) is 12.5 Å². The van der Waals surface area contributed by atoms with E-state index in [9.17, 15) is 4.39 Å². The summed E-state index contributed by atoms with van der Waals surface area (Å²) in [6.45, 7) is 1.55. The zero-order valence-electron chi connectivity index (χ0n) is 12.0. The molecule has 0 aliphatic heterocycles. The standard InChI is InChI=1S/C15H23FN2O/c1-18(2)11-15(7-4-8-15)17-10-12-9-13(19-3)5-6-14(12)16/h5-6,9,17H,4,7-8,10-11H2,1-3H3. The molecule has 19 heavy (non-hydrogen) atoms. The summed E-state index contributed by atoms with van der Waals surface area (Å²) in [5.41, 5.74) is 0.823. The minimum atomic E-state index is -0.173. The van der Waals surface area contributed by atoms with Crippen molar-refractivity contribution in [2.45, 2.75) is 31.3 Å². The lowest BCUT2D eigenvalue weighted by Crippen LogP contribution is -2.56. The van der Waals surface area contributed by atoms with Crippen LogP contribution in [0, 0.1) is 5.82 Å². The van der Waals surface area contributed by atoms with Crippen LogP contribution in [0.5, 0.6) is 5.75 Å². The molecule has 2 rings (SSSR count). The van der Waals surface area contributed by atoms with Crippen molar-refractivity contribution < 1.29 is 9.13 Å². The summed E-state index contributed by atoms with van der Waals surface area (Å²) in [6, 6.07) is 4.89. The van der Waals surface area contributed by atoms with Crippen LogP contribution < -0.4 is 10.1 Å². The molecule has 1 fully saturated rings. The Hall–Kier alpha value is -1.13. The van der Waals surface area contributed by atoms with Gasteiger partial charge in [0.2, 0.25) is 0 Å². The molecule has 1 aromatic carbocycles. The van der Waals surface area contributed by atoms with Gasteiger partial charge >= 0.3 is 0 Å². The summed E-state index contributed by atoms with van der Waals surface area (Å²) in [6.07, 6.45) is 3.58. The Kier molecular flexibility index (Phi) is 4.42. The Morgan fingerprint density at radius 1 is 1.37 bits per heavy atom. The Bertz CT molecular complexity index is 430. The molecule has 1 aromatic rings. The first kappa shape index (κ1) is 14.3. The summed E-state index contributed by atoms with van der Waals surface area (Å²) < 4.78 is 18.9. The maximum atomic E-state index is 13.8. The first-order valence-electron chi connectivity index (χ1n) is 6.77. The van der Waals surface area contributed by atoms with Gasteiger partial charge in [-0.05, 0) is 51.6 Å². The highest BCUT2D eigenvalue weighted by Crippen LogP contribution is 2.32. The predicted octanol–water partition coefficient (Wildman–Crippen LogP) is 2.41. The average Bonchev–Trinajstić information content (AvgIpc) is 2.33. The van der Waals surface area contributed by atoms with E-state index in [0.717, 1.165) is 19.4 Å². The maximum absolute atomic E-state index is 13.8. The summed E-state index contributed by atoms with van der Waals surface area (Å²) in [5, 5.41) is 3.54. The van der Waals surface area contributed by atoms with Gasteiger partial charge in [0.15, 0.2) is 0 Å². The van der Waals surface area contributed by atoms with Crippen LogP contribution in [0.2, 0.25) is 0 Å². The van der Waals surface area contributed by atoms with Gasteiger partial charge in [-0.3, -0.25) is 0 Å². The third-order valence-electron chi connectivity index (χ3n) is 3.84. The molecule has 106 valence electrons. The minimum Gasteiger partial charge on any atom is -0.497 e. The number of halogens is 1. The molecular formula is C15H23FN2O. The van der Waals surface area contributed by atoms with Crippen molar-refractivity contribution in [3.8, 4) is 5.75 Å². The number of methoxy groups -OCH3 is 1. The van der Waals surface area contributed by atoms with E-state index in [-0.39, 0.29) is 11.4 Å². The fraction of sp³-hybridized carbons (Fsp3) is 0.600. The van der Waals surface area contributed by atoms with Crippen molar-refractivity contribution in [3.05, 3.63) is 29.6 Å². The highest BCUT2D eigenvalue weighted by atomic mass is 19.1. The van der Waals surface area contributed by atoms with Gasteiger partial charge in [0.05, 0.1) is 7.11 Å². The molecule has 4 heteroatoms. The first-order valence-corrected chi connectivity index (χ1v) is 6.77. The van der Waals surface area contributed by atoms with Gasteiger partial charge in [0, 0.05) is 24.2 Å². The average molecular weight is 266 g/mol. The molecule has 0 saturated heterocycles. The summed E-state index contributed by atoms with van der Waals surface area (Å²) in [5.74, 6) is 0.529. The quantitative estimate of drug-likeness (QED) is 0.855. The Balaban J connectivity index is 2.01. The van der Waals surface area contributed by atoms with Crippen LogP contribution in [0.3, 0.4) is 0 Å². The normalized spacial score (nSPS) is 17.3. The van der Waals surface area contributed by atoms with E-state index >= 15 is 0 Å². The number of nitrogens with zero attached hydrogens (tertiary/aromatic N) is 1. The number of nitrogens with one attached hydrogen (secondary N) is 1. The number of hydrogen-bond donors (Lipinski definition) is 1. The number of likely N-dealkylation sites (N-methyl/N-ethyl adjacent to an activating group) is 1. The molecule has 3 nitrogen and oxygen atoms in total. The molecule has 1 saturated carbocycles. The second-order valence-electron chi connectivity index (χ2n) is 5.68. The van der Waals surface area contributed by atoms with Crippen LogP contribution in [0.4, 0.5) is 4.39 Å². The van der Waals surface area contributed by atoms with Crippen LogP contribution in [-0.2, 0) is 6.54 Å². The third-order valence-corrected chi connectivity index (χ3v) is 3.84. The molecule has 1 N–H and O–H groups in total. The van der Waals surface area contributed by atoms with Crippen LogP contribution in [0.1, 0.15) is 24.8 Å². The second kappa shape index (κ2) is 5.88. The van der Waals surface area contributed by atoms with E-state index in [1.807, 2.05) is 0 Å². The highest BCUT2D eigenvalue weighted by molar-refractivity contribution is 5.30. The topological polar surface area (TPSA) is 24.5 Å². The van der Waals surface area contributed by atoms with Crippen molar-refractivity contribution in [1.29, 1.82) is 0 Å². The molecule has 0 spiro atoms. The molecule has 0 amide bonds. The zero-order valence-corrected chi connectivity index (χ0v) is 12.0. The van der Waals surface area contributed by atoms with Gasteiger partial charge in [-0.15, -0.1) is 0 Å². The Morgan fingerprint density at radius 3 is 2.63 bits per heavy atom. The Morgan fingerprint density at radius 2 is 2.11 bits per heavy atom. The van der Waals surface area contributed by atoms with E-state index in [1.54, 1.807) is 19.2 Å².